The van der Waals surface area contributed by atoms with Crippen LogP contribution in [0.3, 0.4) is 0 Å². The largest absolute Gasteiger partial charge is 0.342 e. The smallest absolute Gasteiger partial charge is 0.269 e. The number of non-ortho nitro benzene ring substituents is 1. The van der Waals surface area contributed by atoms with Gasteiger partial charge in [0.2, 0.25) is 5.91 Å². The molecule has 0 radical (unpaired) electrons. The minimum Gasteiger partial charge on any atom is -0.342 e. The Labute approximate surface area is 185 Å². The summed E-state index contributed by atoms with van der Waals surface area (Å²) in [6.45, 7) is 1.53. The van der Waals surface area contributed by atoms with E-state index in [-0.39, 0.29) is 23.9 Å². The van der Waals surface area contributed by atoms with Gasteiger partial charge in [0, 0.05) is 41.0 Å². The molecule has 8 heteroatoms. The first-order valence-corrected chi connectivity index (χ1v) is 11.5. The predicted molar refractivity (Wildman–Crippen MR) is 118 cm³/mol. The van der Waals surface area contributed by atoms with E-state index >= 15 is 0 Å². The molecule has 7 nitrogen and oxygen atoms in total. The fourth-order valence-corrected chi connectivity index (χ4v) is 4.84. The summed E-state index contributed by atoms with van der Waals surface area (Å²) in [6, 6.07) is 5.50. The molecular weight excluding hydrogens is 450 g/mol. The second kappa shape index (κ2) is 10.7. The number of amides is 2. The van der Waals surface area contributed by atoms with Gasteiger partial charge in [0.1, 0.15) is 0 Å². The van der Waals surface area contributed by atoms with Crippen LogP contribution < -0.4 is 5.32 Å². The van der Waals surface area contributed by atoms with Crippen molar-refractivity contribution in [1.82, 2.24) is 10.2 Å². The number of nitrogens with one attached hydrogen (secondary N) is 1. The highest BCUT2D eigenvalue weighted by molar-refractivity contribution is 9.11. The summed E-state index contributed by atoms with van der Waals surface area (Å²) in [5.74, 6) is -0.0272. The monoisotopic (exact) mass is 477 g/mol. The van der Waals surface area contributed by atoms with Crippen LogP contribution in [0.2, 0.25) is 0 Å². The second-order valence-corrected chi connectivity index (χ2v) is 8.89. The van der Waals surface area contributed by atoms with Crippen molar-refractivity contribution in [2.24, 2.45) is 5.92 Å². The van der Waals surface area contributed by atoms with Crippen LogP contribution in [0, 0.1) is 16.0 Å². The van der Waals surface area contributed by atoms with Gasteiger partial charge in [0.05, 0.1) is 11.3 Å². The third-order valence-electron chi connectivity index (χ3n) is 5.89. The number of carbonyl (C=O) groups excluding carboxylic acids is 2. The first-order chi connectivity index (χ1) is 14.5. The maximum absolute atomic E-state index is 12.9. The molecular formula is C22H28BrN3O4. The lowest BCUT2D eigenvalue weighted by atomic mass is 9.88. The molecule has 3 rings (SSSR count). The average Bonchev–Trinajstić information content (AvgIpc) is 2.79. The van der Waals surface area contributed by atoms with Crippen molar-refractivity contribution in [3.63, 3.8) is 0 Å². The molecule has 1 heterocycles. The Morgan fingerprint density at radius 1 is 1.03 bits per heavy atom. The molecule has 1 saturated carbocycles. The fraction of sp³-hybridized carbons (Fsp3) is 0.545. The number of rotatable bonds is 6. The van der Waals surface area contributed by atoms with Crippen LogP contribution in [0.25, 0.3) is 0 Å². The molecule has 30 heavy (non-hydrogen) atoms. The quantitative estimate of drug-likeness (QED) is 0.464. The summed E-state index contributed by atoms with van der Waals surface area (Å²) in [5.41, 5.74) is 0.874. The lowest BCUT2D eigenvalue weighted by Crippen LogP contribution is -2.37. The topological polar surface area (TPSA) is 92.6 Å². The zero-order valence-electron chi connectivity index (χ0n) is 17.1. The normalized spacial score (nSPS) is 18.5. The minimum absolute atomic E-state index is 0.0291. The van der Waals surface area contributed by atoms with Crippen molar-refractivity contribution < 1.29 is 14.5 Å². The van der Waals surface area contributed by atoms with E-state index in [2.05, 4.69) is 21.2 Å². The summed E-state index contributed by atoms with van der Waals surface area (Å²) >= 11 is 3.70. The van der Waals surface area contributed by atoms with Gasteiger partial charge >= 0.3 is 0 Å². The van der Waals surface area contributed by atoms with Gasteiger partial charge in [-0.25, -0.2) is 0 Å². The van der Waals surface area contributed by atoms with E-state index in [1.165, 1.54) is 30.7 Å². The summed E-state index contributed by atoms with van der Waals surface area (Å²) in [6.07, 6.45) is 8.91. The van der Waals surface area contributed by atoms with Crippen LogP contribution in [0.5, 0.6) is 0 Å². The van der Waals surface area contributed by atoms with Crippen LogP contribution in [-0.2, 0) is 4.79 Å². The minimum atomic E-state index is -0.496. The summed E-state index contributed by atoms with van der Waals surface area (Å²) in [7, 11) is 0. The van der Waals surface area contributed by atoms with Crippen LogP contribution in [0.1, 0.15) is 68.1 Å². The Morgan fingerprint density at radius 3 is 2.23 bits per heavy atom. The number of likely N-dealkylation sites (tertiary alicyclic amines) is 1. The zero-order chi connectivity index (χ0) is 21.5. The molecule has 0 atom stereocenters. The molecule has 1 aromatic carbocycles. The molecule has 2 fully saturated rings. The number of halogens is 1. The third-order valence-corrected chi connectivity index (χ3v) is 7.02. The van der Waals surface area contributed by atoms with Gasteiger partial charge < -0.3 is 10.2 Å². The zero-order valence-corrected chi connectivity index (χ0v) is 18.7. The van der Waals surface area contributed by atoms with Crippen LogP contribution in [0.4, 0.5) is 5.69 Å². The molecule has 0 unspecified atom stereocenters. The van der Waals surface area contributed by atoms with Gasteiger partial charge in [-0.2, -0.15) is 0 Å². The standard InChI is InChI=1S/C22H28BrN3O4/c23-21(16-7-3-1-4-8-16)19(15-20(27)25-13-5-2-6-14-25)24-22(28)17-9-11-18(12-10-17)26(29)30/h9-12,16H,1-8,13-15H2,(H,24,28)/b21-19+. The number of nitro benzene ring substituents is 1. The molecule has 1 aliphatic heterocycles. The molecule has 1 aliphatic carbocycles. The van der Waals surface area contributed by atoms with Crippen LogP contribution >= 0.6 is 15.9 Å². The fourth-order valence-electron chi connectivity index (χ4n) is 4.14. The maximum Gasteiger partial charge on any atom is 0.269 e. The Balaban J connectivity index is 1.78. The summed E-state index contributed by atoms with van der Waals surface area (Å²) in [5, 5.41) is 13.8. The second-order valence-electron chi connectivity index (χ2n) is 8.04. The molecule has 2 amide bonds. The molecule has 0 aromatic heterocycles. The highest BCUT2D eigenvalue weighted by atomic mass is 79.9. The van der Waals surface area contributed by atoms with Crippen molar-refractivity contribution in [2.45, 2.75) is 57.8 Å². The number of nitro groups is 1. The van der Waals surface area contributed by atoms with Gasteiger partial charge in [-0.1, -0.05) is 35.2 Å². The van der Waals surface area contributed by atoms with E-state index in [4.69, 9.17) is 0 Å². The first kappa shape index (κ1) is 22.5. The summed E-state index contributed by atoms with van der Waals surface area (Å²) < 4.78 is 0.905. The Hall–Kier alpha value is -2.22. The number of allylic oxidation sites excluding steroid dienone is 1. The van der Waals surface area contributed by atoms with Crippen molar-refractivity contribution in [1.29, 1.82) is 0 Å². The van der Waals surface area contributed by atoms with Gasteiger partial charge in [0.25, 0.3) is 11.6 Å². The van der Waals surface area contributed by atoms with Crippen molar-refractivity contribution in [3.8, 4) is 0 Å². The van der Waals surface area contributed by atoms with E-state index in [9.17, 15) is 19.7 Å². The number of carbonyl (C=O) groups is 2. The Bertz CT molecular complexity index is 810. The van der Waals surface area contributed by atoms with E-state index in [0.717, 1.165) is 62.5 Å². The van der Waals surface area contributed by atoms with Gasteiger partial charge in [-0.15, -0.1) is 0 Å². The van der Waals surface area contributed by atoms with Crippen molar-refractivity contribution in [3.05, 3.63) is 50.1 Å². The third kappa shape index (κ3) is 5.90. The van der Waals surface area contributed by atoms with Gasteiger partial charge in [-0.3, -0.25) is 19.7 Å². The number of hydrogen-bond acceptors (Lipinski definition) is 4. The van der Waals surface area contributed by atoms with E-state index in [1.807, 2.05) is 4.90 Å². The van der Waals surface area contributed by atoms with Crippen molar-refractivity contribution in [2.75, 3.05) is 13.1 Å². The highest BCUT2D eigenvalue weighted by Gasteiger charge is 2.25. The lowest BCUT2D eigenvalue weighted by molar-refractivity contribution is -0.384. The number of hydrogen-bond donors (Lipinski definition) is 1. The molecule has 162 valence electrons. The van der Waals surface area contributed by atoms with Crippen LogP contribution in [-0.4, -0.2) is 34.7 Å². The molecule has 1 saturated heterocycles. The van der Waals surface area contributed by atoms with Crippen molar-refractivity contribution >= 4 is 33.4 Å². The van der Waals surface area contributed by atoms with E-state index in [0.29, 0.717) is 17.2 Å². The number of nitrogens with zero attached hydrogens (tertiary/aromatic N) is 2. The maximum atomic E-state index is 12.9. The molecule has 0 spiro atoms. The average molecular weight is 478 g/mol. The number of benzene rings is 1. The van der Waals surface area contributed by atoms with Crippen LogP contribution in [0.15, 0.2) is 34.4 Å². The highest BCUT2D eigenvalue weighted by Crippen LogP contribution is 2.35. The molecule has 1 N–H and O–H groups in total. The first-order valence-electron chi connectivity index (χ1n) is 10.7. The predicted octanol–water partition coefficient (Wildman–Crippen LogP) is 4.91. The van der Waals surface area contributed by atoms with E-state index in [1.54, 1.807) is 0 Å². The Kier molecular flexibility index (Phi) is 8.01. The SMILES string of the molecule is O=C(N/C(CC(=O)N1CCCCC1)=C(/Br)C1CCCCC1)c1ccc([N+](=O)[O-])cc1. The Morgan fingerprint density at radius 2 is 1.63 bits per heavy atom. The number of piperidine rings is 1. The molecule has 2 aliphatic rings. The van der Waals surface area contributed by atoms with Gasteiger partial charge in [-0.05, 0) is 50.2 Å². The lowest BCUT2D eigenvalue weighted by Gasteiger charge is -2.28. The molecule has 1 aromatic rings. The van der Waals surface area contributed by atoms with Gasteiger partial charge in [0.15, 0.2) is 0 Å². The summed E-state index contributed by atoms with van der Waals surface area (Å²) in [4.78, 5) is 37.9. The molecule has 0 bridgehead atoms. The van der Waals surface area contributed by atoms with E-state index < -0.39 is 4.92 Å².